The molecular weight excluding hydrogens is 1080 g/mol. The zero-order valence-corrected chi connectivity index (χ0v) is 45.5. The van der Waals surface area contributed by atoms with Gasteiger partial charge in [0.05, 0.1) is 42.5 Å². The Morgan fingerprint density at radius 3 is 1.61 bits per heavy atom. The third kappa shape index (κ3) is 13.6. The van der Waals surface area contributed by atoms with Gasteiger partial charge in [-0.3, -0.25) is 18.9 Å². The van der Waals surface area contributed by atoms with Crippen LogP contribution in [0.25, 0.3) is 21.5 Å². The molecule has 0 bridgehead atoms. The van der Waals surface area contributed by atoms with E-state index in [0.717, 1.165) is 12.1 Å². The number of nitrogens with zero attached hydrogens (tertiary/aromatic N) is 5. The van der Waals surface area contributed by atoms with Crippen molar-refractivity contribution in [1.82, 2.24) is 0 Å². The number of amides is 1. The molecule has 0 heterocycles. The number of methoxy groups -OCH3 is 2. The molecule has 0 saturated carbocycles. The van der Waals surface area contributed by atoms with E-state index in [4.69, 9.17) is 32.7 Å². The molecule has 380 valence electrons. The van der Waals surface area contributed by atoms with E-state index in [1.807, 2.05) is 0 Å². The van der Waals surface area contributed by atoms with Gasteiger partial charge in [-0.2, -0.15) is 32.2 Å². The van der Waals surface area contributed by atoms with Crippen LogP contribution >= 0.6 is 23.2 Å². The summed E-state index contributed by atoms with van der Waals surface area (Å²) in [7, 11) is -6.15. The number of hydrogen-bond acceptors (Lipinski definition) is 15. The Bertz CT molecular complexity index is 3830. The van der Waals surface area contributed by atoms with E-state index in [-0.39, 0.29) is 111 Å². The van der Waals surface area contributed by atoms with Crippen LogP contribution in [0.15, 0.2) is 169 Å². The van der Waals surface area contributed by atoms with Crippen LogP contribution in [0.3, 0.4) is 0 Å². The van der Waals surface area contributed by atoms with E-state index in [1.165, 1.54) is 38.5 Å². The summed E-state index contributed by atoms with van der Waals surface area (Å²) in [5.41, 5.74) is 0.872. The normalized spacial score (nSPS) is 11.9. The molecule has 0 spiro atoms. The van der Waals surface area contributed by atoms with Crippen LogP contribution in [-0.4, -0.2) is 94.8 Å². The Morgan fingerprint density at radius 1 is 0.613 bits per heavy atom. The van der Waals surface area contributed by atoms with Gasteiger partial charge in [0.25, 0.3) is 26.1 Å². The number of benzene rings is 8. The van der Waals surface area contributed by atoms with E-state index in [0.29, 0.717) is 44.4 Å². The monoisotopic (exact) mass is 1120 g/mol. The van der Waals surface area contributed by atoms with Crippen LogP contribution in [-0.2, 0) is 33.1 Å². The fourth-order valence-corrected chi connectivity index (χ4v) is 10.1. The number of anilines is 1. The largest absolute Gasteiger partial charge is 2.00 e. The van der Waals surface area contributed by atoms with Crippen molar-refractivity contribution in [3.8, 4) is 23.0 Å². The molecule has 75 heavy (non-hydrogen) atoms. The molecule has 4 N–H and O–H groups in total. The molecule has 0 aliphatic rings. The molecule has 0 atom stereocenters. The number of phenols is 1. The maximum absolute atomic E-state index is 13.3. The van der Waals surface area contributed by atoms with Gasteiger partial charge in [-0.1, -0.05) is 103 Å². The molecule has 0 saturated heterocycles. The number of aromatic hydroxyl groups is 1. The average Bonchev–Trinajstić information content (AvgIpc) is 3.37. The predicted molar refractivity (Wildman–Crippen MR) is 285 cm³/mol. The zero-order chi connectivity index (χ0) is 53.5. The maximum Gasteiger partial charge on any atom is 2.00 e. The van der Waals surface area contributed by atoms with Crippen LogP contribution in [0.2, 0.25) is 10.0 Å². The summed E-state index contributed by atoms with van der Waals surface area (Å²) in [4.78, 5) is 16.3. The fourth-order valence-electron chi connectivity index (χ4n) is 7.59. The first-order valence-corrected chi connectivity index (χ1v) is 25.6. The third-order valence-electron chi connectivity index (χ3n) is 11.1. The molecule has 0 aliphatic heterocycles. The number of fused-ring (bicyclic) bond motifs is 2. The number of halogens is 2. The van der Waals surface area contributed by atoms with Crippen molar-refractivity contribution < 1.29 is 55.5 Å². The minimum Gasteiger partial charge on any atom is -0.871 e. The van der Waals surface area contributed by atoms with E-state index in [9.17, 15) is 46.1 Å². The van der Waals surface area contributed by atoms with Crippen LogP contribution < -0.4 is 25.0 Å². The van der Waals surface area contributed by atoms with E-state index in [1.54, 1.807) is 111 Å². The predicted octanol–water partition coefficient (Wildman–Crippen LogP) is 11.5. The Hall–Kier alpha value is -6.72. The number of nitrogens with one attached hydrogen (secondary N) is 1. The van der Waals surface area contributed by atoms with Gasteiger partial charge in [0.1, 0.15) is 27.0 Å². The van der Waals surface area contributed by atoms with Gasteiger partial charge in [-0.05, 0) is 107 Å². The average molecular weight is 1120 g/mol. The number of rotatable bonds is 14. The molecule has 0 unspecified atom stereocenters. The standard InChI is InChI=1S/2C26H22ClN3O6S.Ca/c2*1-3-19-22(27)13-17(14-23(19)37(33,34)35)29-30-24-20-10-5-4-7-15(20)11-21(25(24)31)26(32)28-16-8-6-9-18(12-16)36-2;/h2*4-14,31H,3H2,1-2H3,(H,28,32)(H,33,34,35);/q;;+2/p-2. The summed E-state index contributed by atoms with van der Waals surface area (Å²) < 4.78 is 77.0. The summed E-state index contributed by atoms with van der Waals surface area (Å²) >= 11 is 12.4. The summed E-state index contributed by atoms with van der Waals surface area (Å²) in [6.45, 7) is 3.38. The zero-order valence-electron chi connectivity index (χ0n) is 40.1. The first kappa shape index (κ1) is 57.6. The summed E-state index contributed by atoms with van der Waals surface area (Å²) in [5, 5.41) is 58.6. The number of azo groups is 2. The molecule has 0 radical (unpaired) electrons. The molecule has 18 nitrogen and oxygen atoms in total. The minimum absolute atomic E-state index is 0. The SMILES string of the molecule is CCc1c(Cl)cc(N=Nc2c(O)c(C(=O)Nc3cccc(OC)c3)cc3ccccc23)cc1S(=O)(=O)O.CCc1c(Cl)cc(N=Nc2c([O-])c(C([O-])=Nc3cccc(OC)c3)cc3ccccc23)cc1S(=O)(=O)O.[Ca+2]. The van der Waals surface area contributed by atoms with Crippen molar-refractivity contribution >= 4 is 149 Å². The molecule has 8 aromatic rings. The number of carbonyl (C=O) groups is 1. The summed E-state index contributed by atoms with van der Waals surface area (Å²) in [6.07, 6.45) is 0.517. The van der Waals surface area contributed by atoms with Crippen LogP contribution in [0.4, 0.5) is 34.1 Å². The molecule has 0 fully saturated rings. The quantitative estimate of drug-likeness (QED) is 0.0260. The van der Waals surface area contributed by atoms with Gasteiger partial charge in [-0.15, -0.1) is 5.11 Å². The smallest absolute Gasteiger partial charge is 0.871 e. The molecule has 1 amide bonds. The Balaban J connectivity index is 0.000000241. The summed E-state index contributed by atoms with van der Waals surface area (Å²) in [5.74, 6) is -1.44. The summed E-state index contributed by atoms with van der Waals surface area (Å²) in [6, 6.07) is 35.0. The van der Waals surface area contributed by atoms with Crippen molar-refractivity contribution in [2.75, 3.05) is 19.5 Å². The molecule has 0 aliphatic carbocycles. The Kier molecular flexibility index (Phi) is 19.0. The number of hydrogen-bond donors (Lipinski definition) is 4. The van der Waals surface area contributed by atoms with Crippen LogP contribution in [0, 0.1) is 0 Å². The second-order valence-corrected chi connectivity index (χ2v) is 19.4. The molecular formula is C52H42CaCl2N6O12S2. The maximum atomic E-state index is 13.3. The Labute approximate surface area is 470 Å². The van der Waals surface area contributed by atoms with Gasteiger partial charge < -0.3 is 30.1 Å². The topological polar surface area (TPSA) is 284 Å². The van der Waals surface area contributed by atoms with Gasteiger partial charge in [0.15, 0.2) is 5.75 Å². The van der Waals surface area contributed by atoms with Crippen LogP contribution in [0.1, 0.15) is 40.9 Å². The minimum atomic E-state index is -4.58. The number of phenolic OH excluding ortho intramolecular Hbond substituents is 1. The Morgan fingerprint density at radius 2 is 1.09 bits per heavy atom. The number of ether oxygens (including phenoxy) is 2. The second-order valence-electron chi connectivity index (χ2n) is 15.8. The van der Waals surface area contributed by atoms with Gasteiger partial charge in [0.2, 0.25) is 0 Å². The van der Waals surface area contributed by atoms with E-state index in [2.05, 4.69) is 30.8 Å². The number of carbonyl (C=O) groups excluding carboxylic acids is 1. The molecule has 0 aromatic heterocycles. The second kappa shape index (κ2) is 24.7. The fraction of sp³-hybridized carbons (Fsp3) is 0.115. The van der Waals surface area contributed by atoms with Gasteiger partial charge in [-0.25, -0.2) is 0 Å². The van der Waals surface area contributed by atoms with Gasteiger partial charge in [0, 0.05) is 38.6 Å². The van der Waals surface area contributed by atoms with E-state index < -0.39 is 48.4 Å². The first-order chi connectivity index (χ1) is 35.2. The molecule has 8 aromatic carbocycles. The molecule has 23 heteroatoms. The van der Waals surface area contributed by atoms with Crippen molar-refractivity contribution in [3.05, 3.63) is 166 Å². The van der Waals surface area contributed by atoms with Crippen molar-refractivity contribution in [3.63, 3.8) is 0 Å². The van der Waals surface area contributed by atoms with Gasteiger partial charge >= 0.3 is 37.7 Å². The molecule has 8 rings (SSSR count). The van der Waals surface area contributed by atoms with Crippen LogP contribution in [0.5, 0.6) is 23.0 Å². The van der Waals surface area contributed by atoms with Crippen molar-refractivity contribution in [1.29, 1.82) is 0 Å². The van der Waals surface area contributed by atoms with E-state index >= 15 is 0 Å². The first-order valence-electron chi connectivity index (χ1n) is 22.0. The third-order valence-corrected chi connectivity index (χ3v) is 13.6. The van der Waals surface area contributed by atoms with Crippen molar-refractivity contribution in [2.24, 2.45) is 25.4 Å². The number of aliphatic imine (C=N–C) groups is 1. The van der Waals surface area contributed by atoms with Crippen molar-refractivity contribution in [2.45, 2.75) is 36.5 Å².